The maximum Gasteiger partial charge on any atom is 0.339 e. The second-order valence-corrected chi connectivity index (χ2v) is 8.21. The number of methoxy groups -OCH3 is 1. The molecule has 0 spiro atoms. The Morgan fingerprint density at radius 3 is 2.59 bits per heavy atom. The zero-order valence-electron chi connectivity index (χ0n) is 17.4. The molecular weight excluding hydrogens is 368 g/mol. The maximum atomic E-state index is 12.7. The molecular formula is C23H30N2O4. The number of carbonyl (C=O) groups is 1. The third-order valence-corrected chi connectivity index (χ3v) is 6.59. The van der Waals surface area contributed by atoms with Crippen LogP contribution in [0.5, 0.6) is 5.75 Å². The molecule has 4 rings (SSSR count). The van der Waals surface area contributed by atoms with Crippen molar-refractivity contribution < 1.29 is 13.9 Å². The highest BCUT2D eigenvalue weighted by Crippen LogP contribution is 2.26. The molecule has 1 aliphatic carbocycles. The largest absolute Gasteiger partial charge is 0.497 e. The average Bonchev–Trinajstić information content (AvgIpc) is 3.28. The zero-order chi connectivity index (χ0) is 20.4. The summed E-state index contributed by atoms with van der Waals surface area (Å²) in [4.78, 5) is 29.7. The first-order valence-corrected chi connectivity index (χ1v) is 10.7. The number of benzene rings is 1. The first-order chi connectivity index (χ1) is 14.1. The molecule has 0 N–H and O–H groups in total. The molecule has 0 bridgehead atoms. The molecule has 1 saturated carbocycles. The Morgan fingerprint density at radius 1 is 1.17 bits per heavy atom. The molecule has 1 aromatic heterocycles. The van der Waals surface area contributed by atoms with Crippen LogP contribution in [0.2, 0.25) is 0 Å². The van der Waals surface area contributed by atoms with Gasteiger partial charge in [0.2, 0.25) is 5.91 Å². The van der Waals surface area contributed by atoms with Crippen molar-refractivity contribution in [2.75, 3.05) is 33.3 Å². The Labute approximate surface area is 171 Å². The summed E-state index contributed by atoms with van der Waals surface area (Å²) in [5.74, 6) is 0.782. The molecule has 0 radical (unpaired) electrons. The SMILES string of the molecule is COc1ccc2c(C)c(CCC(=O)N3CCN(C4CCCC4)CC3)c(=O)oc2c1. The maximum absolute atomic E-state index is 12.7. The first kappa shape index (κ1) is 20.0. The van der Waals surface area contributed by atoms with Gasteiger partial charge in [-0.1, -0.05) is 12.8 Å². The molecule has 1 aromatic carbocycles. The molecule has 0 unspecified atom stereocenters. The van der Waals surface area contributed by atoms with Crippen molar-refractivity contribution in [3.05, 3.63) is 39.7 Å². The Bertz CT molecular complexity index is 938. The van der Waals surface area contributed by atoms with Crippen molar-refractivity contribution in [1.82, 2.24) is 9.80 Å². The molecule has 156 valence electrons. The van der Waals surface area contributed by atoms with E-state index in [0.29, 0.717) is 29.7 Å². The average molecular weight is 399 g/mol. The van der Waals surface area contributed by atoms with Crippen LogP contribution in [-0.2, 0) is 11.2 Å². The molecule has 2 fully saturated rings. The lowest BCUT2D eigenvalue weighted by molar-refractivity contribution is -0.133. The highest BCUT2D eigenvalue weighted by Gasteiger charge is 2.27. The molecule has 1 amide bonds. The summed E-state index contributed by atoms with van der Waals surface area (Å²) in [5, 5.41) is 0.887. The summed E-state index contributed by atoms with van der Waals surface area (Å²) < 4.78 is 10.7. The van der Waals surface area contributed by atoms with E-state index in [1.165, 1.54) is 25.7 Å². The molecule has 0 atom stereocenters. The van der Waals surface area contributed by atoms with E-state index in [1.54, 1.807) is 13.2 Å². The van der Waals surface area contributed by atoms with Crippen molar-refractivity contribution in [2.24, 2.45) is 0 Å². The van der Waals surface area contributed by atoms with E-state index < -0.39 is 0 Å². The predicted molar refractivity (Wildman–Crippen MR) is 113 cm³/mol. The summed E-state index contributed by atoms with van der Waals surface area (Å²) in [6.45, 7) is 5.44. The van der Waals surface area contributed by atoms with Crippen LogP contribution in [0.4, 0.5) is 0 Å². The monoisotopic (exact) mass is 398 g/mol. The second-order valence-electron chi connectivity index (χ2n) is 8.21. The zero-order valence-corrected chi connectivity index (χ0v) is 17.4. The topological polar surface area (TPSA) is 63.0 Å². The van der Waals surface area contributed by atoms with E-state index in [4.69, 9.17) is 9.15 Å². The van der Waals surface area contributed by atoms with E-state index in [9.17, 15) is 9.59 Å². The van der Waals surface area contributed by atoms with Crippen LogP contribution >= 0.6 is 0 Å². The van der Waals surface area contributed by atoms with Crippen molar-refractivity contribution in [2.45, 2.75) is 51.5 Å². The molecule has 1 saturated heterocycles. The highest BCUT2D eigenvalue weighted by atomic mass is 16.5. The standard InChI is InChI=1S/C23H30N2O4/c1-16-19-8-7-18(28-2)15-21(19)29-23(27)20(16)9-10-22(26)25-13-11-24(12-14-25)17-5-3-4-6-17/h7-8,15,17H,3-6,9-14H2,1-2H3. The van der Waals surface area contributed by atoms with Gasteiger partial charge < -0.3 is 14.1 Å². The fraction of sp³-hybridized carbons (Fsp3) is 0.565. The quantitative estimate of drug-likeness (QED) is 0.724. The van der Waals surface area contributed by atoms with Crippen LogP contribution in [0.1, 0.15) is 43.2 Å². The number of nitrogens with zero attached hydrogens (tertiary/aromatic N) is 2. The van der Waals surface area contributed by atoms with Crippen molar-refractivity contribution >= 4 is 16.9 Å². The fourth-order valence-electron chi connectivity index (χ4n) is 4.79. The molecule has 2 aliphatic rings. The lowest BCUT2D eigenvalue weighted by Crippen LogP contribution is -2.51. The minimum Gasteiger partial charge on any atom is -0.497 e. The van der Waals surface area contributed by atoms with Gasteiger partial charge in [0, 0.05) is 55.7 Å². The van der Waals surface area contributed by atoms with Crippen LogP contribution in [0.15, 0.2) is 27.4 Å². The van der Waals surface area contributed by atoms with Gasteiger partial charge in [0.15, 0.2) is 0 Å². The van der Waals surface area contributed by atoms with Gasteiger partial charge in [-0.25, -0.2) is 4.79 Å². The number of piperazine rings is 1. The lowest BCUT2D eigenvalue weighted by atomic mass is 10.0. The first-order valence-electron chi connectivity index (χ1n) is 10.7. The number of ether oxygens (including phenoxy) is 1. The van der Waals surface area contributed by atoms with Crippen molar-refractivity contribution in [1.29, 1.82) is 0 Å². The molecule has 2 aromatic rings. The molecule has 6 nitrogen and oxygen atoms in total. The fourth-order valence-corrected chi connectivity index (χ4v) is 4.79. The Hall–Kier alpha value is -2.34. The summed E-state index contributed by atoms with van der Waals surface area (Å²) in [6.07, 6.45) is 6.04. The number of hydrogen-bond acceptors (Lipinski definition) is 5. The van der Waals surface area contributed by atoms with E-state index in [2.05, 4.69) is 4.90 Å². The number of hydrogen-bond donors (Lipinski definition) is 0. The van der Waals surface area contributed by atoms with Crippen molar-refractivity contribution in [3.63, 3.8) is 0 Å². The summed E-state index contributed by atoms with van der Waals surface area (Å²) in [7, 11) is 1.58. The van der Waals surface area contributed by atoms with Gasteiger partial charge >= 0.3 is 5.63 Å². The molecule has 1 aliphatic heterocycles. The van der Waals surface area contributed by atoms with E-state index in [-0.39, 0.29) is 11.5 Å². The molecule has 6 heteroatoms. The van der Waals surface area contributed by atoms with Gasteiger partial charge in [0.05, 0.1) is 7.11 Å². The number of aryl methyl sites for hydroxylation is 1. The minimum atomic E-state index is -0.359. The van der Waals surface area contributed by atoms with Crippen LogP contribution in [0.25, 0.3) is 11.0 Å². The highest BCUT2D eigenvalue weighted by molar-refractivity contribution is 5.82. The smallest absolute Gasteiger partial charge is 0.339 e. The third-order valence-electron chi connectivity index (χ3n) is 6.59. The van der Waals surface area contributed by atoms with Gasteiger partial charge in [-0.2, -0.15) is 0 Å². The third kappa shape index (κ3) is 4.17. The Kier molecular flexibility index (Phi) is 5.90. The van der Waals surface area contributed by atoms with Crippen LogP contribution in [0.3, 0.4) is 0 Å². The lowest BCUT2D eigenvalue weighted by Gasteiger charge is -2.38. The summed E-state index contributed by atoms with van der Waals surface area (Å²) >= 11 is 0. The number of fused-ring (bicyclic) bond motifs is 1. The van der Waals surface area contributed by atoms with E-state index in [0.717, 1.165) is 43.2 Å². The Morgan fingerprint density at radius 2 is 1.90 bits per heavy atom. The van der Waals surface area contributed by atoms with E-state index in [1.807, 2.05) is 24.0 Å². The number of amides is 1. The Balaban J connectivity index is 1.39. The predicted octanol–water partition coefficient (Wildman–Crippen LogP) is 3.13. The minimum absolute atomic E-state index is 0.129. The second kappa shape index (κ2) is 8.57. The summed E-state index contributed by atoms with van der Waals surface area (Å²) in [6, 6.07) is 6.20. The van der Waals surface area contributed by atoms with Gasteiger partial charge in [-0.3, -0.25) is 9.69 Å². The van der Waals surface area contributed by atoms with Gasteiger partial charge in [0.25, 0.3) is 0 Å². The number of carbonyl (C=O) groups excluding carboxylic acids is 1. The van der Waals surface area contributed by atoms with Crippen LogP contribution in [0, 0.1) is 6.92 Å². The summed E-state index contributed by atoms with van der Waals surface area (Å²) in [5.41, 5.74) is 1.64. The van der Waals surface area contributed by atoms with Crippen molar-refractivity contribution in [3.8, 4) is 5.75 Å². The number of rotatable bonds is 5. The van der Waals surface area contributed by atoms with Gasteiger partial charge in [0.1, 0.15) is 11.3 Å². The van der Waals surface area contributed by atoms with Gasteiger partial charge in [-0.15, -0.1) is 0 Å². The van der Waals surface area contributed by atoms with Crippen LogP contribution in [-0.4, -0.2) is 55.0 Å². The molecule has 29 heavy (non-hydrogen) atoms. The van der Waals surface area contributed by atoms with Crippen LogP contribution < -0.4 is 10.4 Å². The van der Waals surface area contributed by atoms with Gasteiger partial charge in [-0.05, 0) is 43.9 Å². The van der Waals surface area contributed by atoms with E-state index >= 15 is 0 Å². The normalized spacial score (nSPS) is 18.5. The molecule has 2 heterocycles.